The quantitative estimate of drug-likeness (QED) is 0.275. The molecule has 6 nitrogen and oxygen atoms in total. The number of aryl methyl sites for hydroxylation is 2. The third-order valence-electron chi connectivity index (χ3n) is 7.23. The fourth-order valence-electron chi connectivity index (χ4n) is 5.16. The van der Waals surface area contributed by atoms with E-state index in [2.05, 4.69) is 20.8 Å². The van der Waals surface area contributed by atoms with Crippen molar-refractivity contribution in [1.29, 1.82) is 0 Å². The SMILES string of the molecule is COc1cc(OC)c(C(=O)[P](=O)C2(C(=O)c3c(C)cc(C(C)(C)C)cc3C)CCCCC2)c(OC)c1. The zero-order chi connectivity index (χ0) is 26.8. The lowest BCUT2D eigenvalue weighted by Gasteiger charge is -2.35. The van der Waals surface area contributed by atoms with Crippen molar-refractivity contribution in [3.63, 3.8) is 0 Å². The summed E-state index contributed by atoms with van der Waals surface area (Å²) in [4.78, 5) is 28.2. The minimum atomic E-state index is -2.64. The van der Waals surface area contributed by atoms with Crippen molar-refractivity contribution in [2.24, 2.45) is 0 Å². The van der Waals surface area contributed by atoms with Crippen molar-refractivity contribution in [2.75, 3.05) is 21.3 Å². The summed E-state index contributed by atoms with van der Waals surface area (Å²) in [5.74, 6) is 0.669. The van der Waals surface area contributed by atoms with E-state index in [1.165, 1.54) is 21.3 Å². The maximum atomic E-state index is 14.3. The number of carbonyl (C=O) groups excluding carboxylic acids is 2. The number of carbonyl (C=O) groups is 2. The number of methoxy groups -OCH3 is 3. The number of ether oxygens (including phenoxy) is 3. The molecular weight excluding hydrogens is 475 g/mol. The minimum absolute atomic E-state index is 0.0672. The highest BCUT2D eigenvalue weighted by Crippen LogP contribution is 2.55. The largest absolute Gasteiger partial charge is 0.496 e. The van der Waals surface area contributed by atoms with Gasteiger partial charge in [-0.15, -0.1) is 0 Å². The van der Waals surface area contributed by atoms with Crippen LogP contribution in [-0.2, 0) is 9.98 Å². The van der Waals surface area contributed by atoms with Crippen molar-refractivity contribution in [3.8, 4) is 17.2 Å². The summed E-state index contributed by atoms with van der Waals surface area (Å²) < 4.78 is 30.4. The van der Waals surface area contributed by atoms with Crippen LogP contribution in [0.4, 0.5) is 0 Å². The van der Waals surface area contributed by atoms with Crippen molar-refractivity contribution >= 4 is 19.1 Å². The molecule has 195 valence electrons. The molecule has 0 spiro atoms. The highest BCUT2D eigenvalue weighted by Gasteiger charge is 2.50. The molecule has 0 N–H and O–H groups in total. The molecule has 1 aliphatic carbocycles. The lowest BCUT2D eigenvalue weighted by molar-refractivity contribution is 0.0901. The number of benzene rings is 2. The predicted octanol–water partition coefficient (Wildman–Crippen LogP) is 7.18. The molecule has 0 aliphatic heterocycles. The van der Waals surface area contributed by atoms with Crippen molar-refractivity contribution < 1.29 is 28.4 Å². The Labute approximate surface area is 215 Å². The molecule has 0 aromatic heterocycles. The van der Waals surface area contributed by atoms with E-state index in [4.69, 9.17) is 14.2 Å². The molecule has 2 aromatic carbocycles. The number of hydrogen-bond donors (Lipinski definition) is 0. The predicted molar refractivity (Wildman–Crippen MR) is 143 cm³/mol. The number of Topliss-reactive ketones (excluding diaryl/α,β-unsaturated/α-hetero) is 1. The molecule has 1 radical (unpaired) electrons. The first-order valence-electron chi connectivity index (χ1n) is 12.4. The van der Waals surface area contributed by atoms with Crippen molar-refractivity contribution in [2.45, 2.75) is 77.3 Å². The Morgan fingerprint density at radius 3 is 1.72 bits per heavy atom. The summed E-state index contributed by atoms with van der Waals surface area (Å²) in [6, 6.07) is 7.21. The molecule has 7 heteroatoms. The van der Waals surface area contributed by atoms with Crippen LogP contribution < -0.4 is 14.2 Å². The second-order valence-corrected chi connectivity index (χ2v) is 12.5. The third-order valence-corrected chi connectivity index (χ3v) is 9.25. The van der Waals surface area contributed by atoms with Gasteiger partial charge in [0.15, 0.2) is 13.6 Å². The molecular formula is C29H38O6P. The van der Waals surface area contributed by atoms with Crippen LogP contribution in [0.5, 0.6) is 17.2 Å². The Morgan fingerprint density at radius 1 is 0.806 bits per heavy atom. The van der Waals surface area contributed by atoms with Gasteiger partial charge in [0.1, 0.15) is 28.0 Å². The van der Waals surface area contributed by atoms with Crippen molar-refractivity contribution in [3.05, 3.63) is 52.1 Å². The van der Waals surface area contributed by atoms with Gasteiger partial charge < -0.3 is 14.2 Å². The molecule has 1 unspecified atom stereocenters. The fraction of sp³-hybridized carbons (Fsp3) is 0.517. The van der Waals surface area contributed by atoms with E-state index >= 15 is 0 Å². The van der Waals surface area contributed by atoms with Gasteiger partial charge in [-0.3, -0.25) is 14.2 Å². The molecule has 1 saturated carbocycles. The number of hydrogen-bond acceptors (Lipinski definition) is 6. The summed E-state index contributed by atoms with van der Waals surface area (Å²) in [6.45, 7) is 10.3. The van der Waals surface area contributed by atoms with Gasteiger partial charge in [0.25, 0.3) is 0 Å². The first-order chi connectivity index (χ1) is 16.9. The second-order valence-electron chi connectivity index (χ2n) is 10.7. The van der Waals surface area contributed by atoms with Crippen LogP contribution >= 0.6 is 7.80 Å². The Morgan fingerprint density at radius 2 is 1.31 bits per heavy atom. The monoisotopic (exact) mass is 513 g/mol. The molecule has 36 heavy (non-hydrogen) atoms. The highest BCUT2D eigenvalue weighted by molar-refractivity contribution is 7.67. The topological polar surface area (TPSA) is 78.9 Å². The molecule has 0 amide bonds. The van der Waals surface area contributed by atoms with E-state index in [0.29, 0.717) is 24.2 Å². The maximum Gasteiger partial charge on any atom is 0.250 e. The zero-order valence-corrected chi connectivity index (χ0v) is 23.6. The molecule has 1 atom stereocenters. The van der Waals surface area contributed by atoms with E-state index in [9.17, 15) is 14.2 Å². The Balaban J connectivity index is 2.15. The average Bonchev–Trinajstić information content (AvgIpc) is 2.86. The van der Waals surface area contributed by atoms with Gasteiger partial charge in [-0.1, -0.05) is 52.2 Å². The second kappa shape index (κ2) is 10.7. The first-order valence-corrected chi connectivity index (χ1v) is 13.7. The minimum Gasteiger partial charge on any atom is -0.496 e. The highest BCUT2D eigenvalue weighted by atomic mass is 31.1. The summed E-state index contributed by atoms with van der Waals surface area (Å²) in [5, 5.41) is -1.26. The fourth-order valence-corrected chi connectivity index (χ4v) is 6.99. The number of rotatable bonds is 8. The van der Waals surface area contributed by atoms with Gasteiger partial charge in [-0.2, -0.15) is 0 Å². The van der Waals surface area contributed by atoms with E-state index in [1.54, 1.807) is 12.1 Å². The van der Waals surface area contributed by atoms with Crippen LogP contribution in [0, 0.1) is 13.8 Å². The summed E-state index contributed by atoms with van der Waals surface area (Å²) in [6.07, 6.45) is 3.26. The third kappa shape index (κ3) is 5.06. The summed E-state index contributed by atoms with van der Waals surface area (Å²) in [7, 11) is 1.73. The van der Waals surface area contributed by atoms with E-state index in [1.807, 2.05) is 26.0 Å². The standard InChI is InChI=1S/C29H38O6P/c1-18-14-20(28(3,4)5)15-19(2)24(18)26(30)29(12-10-9-11-13-29)36(32)27(31)25-22(34-7)16-21(33-6)17-23(25)35-8/h14-17H,9-13H2,1-8H3. The number of ketones is 1. The molecule has 0 bridgehead atoms. The van der Waals surface area contributed by atoms with Crippen LogP contribution in [0.2, 0.25) is 0 Å². The van der Waals surface area contributed by atoms with Crippen LogP contribution in [0.3, 0.4) is 0 Å². The maximum absolute atomic E-state index is 14.3. The lowest BCUT2D eigenvalue weighted by atomic mass is 9.78. The van der Waals surface area contributed by atoms with Crippen LogP contribution in [0.25, 0.3) is 0 Å². The van der Waals surface area contributed by atoms with E-state index in [0.717, 1.165) is 36.0 Å². The van der Waals surface area contributed by atoms with Crippen molar-refractivity contribution in [1.82, 2.24) is 0 Å². The van der Waals surface area contributed by atoms with Gasteiger partial charge in [0.05, 0.1) is 21.3 Å². The molecule has 3 rings (SSSR count). The molecule has 0 saturated heterocycles. The first kappa shape index (κ1) is 27.9. The van der Waals surface area contributed by atoms with Gasteiger partial charge in [0, 0.05) is 17.7 Å². The average molecular weight is 514 g/mol. The Bertz CT molecular complexity index is 1140. The van der Waals surface area contributed by atoms with Crippen LogP contribution in [0.1, 0.15) is 90.3 Å². The normalized spacial score (nSPS) is 15.7. The zero-order valence-electron chi connectivity index (χ0n) is 22.7. The smallest absolute Gasteiger partial charge is 0.250 e. The van der Waals surface area contributed by atoms with Crippen LogP contribution in [-0.4, -0.2) is 37.8 Å². The molecule has 2 aromatic rings. The van der Waals surface area contributed by atoms with E-state index < -0.39 is 18.5 Å². The van der Waals surface area contributed by atoms with Gasteiger partial charge >= 0.3 is 0 Å². The van der Waals surface area contributed by atoms with E-state index in [-0.39, 0.29) is 28.3 Å². The summed E-state index contributed by atoms with van der Waals surface area (Å²) in [5.41, 5.74) is 2.81. The molecule has 1 fully saturated rings. The van der Waals surface area contributed by atoms with Gasteiger partial charge in [-0.05, 0) is 48.8 Å². The van der Waals surface area contributed by atoms with Gasteiger partial charge in [-0.25, -0.2) is 0 Å². The Hall–Kier alpha value is -2.72. The summed E-state index contributed by atoms with van der Waals surface area (Å²) >= 11 is 0. The molecule has 1 aliphatic rings. The molecule has 0 heterocycles. The van der Waals surface area contributed by atoms with Crippen LogP contribution in [0.15, 0.2) is 24.3 Å². The lowest BCUT2D eigenvalue weighted by Crippen LogP contribution is -2.39. The van der Waals surface area contributed by atoms with Gasteiger partial charge in [0.2, 0.25) is 5.52 Å². The Kier molecular flexibility index (Phi) is 8.30.